The third-order valence-electron chi connectivity index (χ3n) is 2.92. The monoisotopic (exact) mass is 312 g/mol. The summed E-state index contributed by atoms with van der Waals surface area (Å²) >= 11 is 0. The third kappa shape index (κ3) is 6.52. The summed E-state index contributed by atoms with van der Waals surface area (Å²) in [7, 11) is 1.69. The molecule has 23 heavy (non-hydrogen) atoms. The molecule has 0 saturated carbocycles. The third-order valence-corrected chi connectivity index (χ3v) is 2.92. The second-order valence-corrected chi connectivity index (χ2v) is 4.49. The molecule has 0 heterocycles. The first-order valence-corrected chi connectivity index (χ1v) is 7.03. The molecule has 0 aliphatic carbocycles. The van der Waals surface area contributed by atoms with Crippen molar-refractivity contribution < 1.29 is 19.7 Å². The van der Waals surface area contributed by atoms with Gasteiger partial charge in [-0.05, 0) is 35.8 Å². The minimum atomic E-state index is -1.83. The summed E-state index contributed by atoms with van der Waals surface area (Å²) in [6.45, 7) is 2.02. The van der Waals surface area contributed by atoms with Gasteiger partial charge in [-0.3, -0.25) is 0 Å². The van der Waals surface area contributed by atoms with Gasteiger partial charge in [0.1, 0.15) is 5.75 Å². The molecule has 0 fully saturated rings. The summed E-state index contributed by atoms with van der Waals surface area (Å²) in [4.78, 5) is 8.56. The van der Waals surface area contributed by atoms with E-state index in [1.165, 1.54) is 11.1 Å². The first kappa shape index (κ1) is 18.0. The van der Waals surface area contributed by atoms with Gasteiger partial charge in [0.05, 0.1) is 7.11 Å². The lowest BCUT2D eigenvalue weighted by atomic mass is 9.97. The fourth-order valence-corrected chi connectivity index (χ4v) is 1.96. The van der Waals surface area contributed by atoms with Crippen molar-refractivity contribution in [2.75, 3.05) is 7.11 Å². The molecular formula is C19H20O4. The van der Waals surface area contributed by atoms with Gasteiger partial charge < -0.3 is 14.9 Å². The summed E-state index contributed by atoms with van der Waals surface area (Å²) in [5, 5.41) is 13.9. The number of rotatable bonds is 4. The minimum absolute atomic E-state index is 0.875. The fraction of sp³-hybridized carbons (Fsp3) is 0.105. The van der Waals surface area contributed by atoms with Crippen molar-refractivity contribution in [2.24, 2.45) is 0 Å². The van der Waals surface area contributed by atoms with Crippen LogP contribution >= 0.6 is 0 Å². The van der Waals surface area contributed by atoms with E-state index in [4.69, 9.17) is 19.7 Å². The number of carboxylic acid groups (broad SMARTS) is 2. The Bertz CT molecular complexity index is 669. The van der Waals surface area contributed by atoms with E-state index >= 15 is 0 Å². The number of hydrogen-bond donors (Lipinski definition) is 2. The Kier molecular flexibility index (Phi) is 7.72. The highest BCUT2D eigenvalue weighted by molar-refractivity contribution is 5.81. The highest BCUT2D eigenvalue weighted by Crippen LogP contribution is 2.26. The molecule has 0 amide bonds. The van der Waals surface area contributed by atoms with Crippen LogP contribution in [0.4, 0.5) is 4.79 Å². The lowest BCUT2D eigenvalue weighted by Crippen LogP contribution is -1.89. The Morgan fingerprint density at radius 3 is 2.17 bits per heavy atom. The van der Waals surface area contributed by atoms with Crippen LogP contribution in [0.2, 0.25) is 0 Å². The van der Waals surface area contributed by atoms with Gasteiger partial charge in [-0.25, -0.2) is 4.79 Å². The van der Waals surface area contributed by atoms with E-state index in [1.807, 2.05) is 31.2 Å². The maximum Gasteiger partial charge on any atom is 0.503 e. The predicted molar refractivity (Wildman–Crippen MR) is 92.0 cm³/mol. The maximum atomic E-state index is 8.56. The summed E-state index contributed by atoms with van der Waals surface area (Å²) in [5.41, 5.74) is 3.55. The van der Waals surface area contributed by atoms with Crippen LogP contribution in [0.5, 0.6) is 5.75 Å². The van der Waals surface area contributed by atoms with E-state index in [9.17, 15) is 0 Å². The van der Waals surface area contributed by atoms with Gasteiger partial charge >= 0.3 is 6.16 Å². The molecular weight excluding hydrogens is 292 g/mol. The Hall–Kier alpha value is -3.01. The number of hydrogen-bond acceptors (Lipinski definition) is 2. The van der Waals surface area contributed by atoms with Gasteiger partial charge in [-0.2, -0.15) is 0 Å². The largest absolute Gasteiger partial charge is 0.503 e. The van der Waals surface area contributed by atoms with Gasteiger partial charge in [0.15, 0.2) is 0 Å². The first-order chi connectivity index (χ1) is 11.1. The lowest BCUT2D eigenvalue weighted by molar-refractivity contribution is 0.137. The van der Waals surface area contributed by atoms with Crippen LogP contribution in [0.25, 0.3) is 5.57 Å². The minimum Gasteiger partial charge on any atom is -0.497 e. The average Bonchev–Trinajstić information content (AvgIpc) is 2.56. The van der Waals surface area contributed by atoms with Crippen LogP contribution in [0, 0.1) is 0 Å². The fourth-order valence-electron chi connectivity index (χ4n) is 1.96. The topological polar surface area (TPSA) is 66.8 Å². The summed E-state index contributed by atoms with van der Waals surface area (Å²) in [6.07, 6.45) is 4.38. The Morgan fingerprint density at radius 2 is 1.61 bits per heavy atom. The van der Waals surface area contributed by atoms with E-state index < -0.39 is 6.16 Å². The smallest absolute Gasteiger partial charge is 0.497 e. The van der Waals surface area contributed by atoms with Crippen molar-refractivity contribution in [1.82, 2.24) is 0 Å². The second-order valence-electron chi connectivity index (χ2n) is 4.49. The van der Waals surface area contributed by atoms with Crippen LogP contribution in [-0.4, -0.2) is 23.5 Å². The maximum absolute atomic E-state index is 8.56. The van der Waals surface area contributed by atoms with Crippen molar-refractivity contribution in [3.05, 3.63) is 84.0 Å². The summed E-state index contributed by atoms with van der Waals surface area (Å²) in [5.74, 6) is 0.875. The van der Waals surface area contributed by atoms with Gasteiger partial charge in [-0.15, -0.1) is 0 Å². The standard InChI is InChI=1S/C18H18O.CH2O3/c1-3-4-13-18(15-9-6-5-7-10-15)16-11-8-12-17(14-16)19-2;2-1(3)4/h3-14H,1-2H3;(H2,2,3,4)/b4-3+,18-13+;. The number of allylic oxidation sites excluding steroid dienone is 3. The van der Waals surface area contributed by atoms with Gasteiger partial charge in [0, 0.05) is 0 Å². The van der Waals surface area contributed by atoms with Gasteiger partial charge in [-0.1, -0.05) is 60.7 Å². The molecule has 4 heteroatoms. The van der Waals surface area contributed by atoms with Gasteiger partial charge in [0.2, 0.25) is 0 Å². The molecule has 0 aromatic heterocycles. The zero-order valence-corrected chi connectivity index (χ0v) is 13.1. The van der Waals surface area contributed by atoms with Crippen LogP contribution in [0.1, 0.15) is 18.1 Å². The molecule has 2 rings (SSSR count). The Balaban J connectivity index is 0.000000593. The van der Waals surface area contributed by atoms with Crippen LogP contribution < -0.4 is 4.74 Å². The highest BCUT2D eigenvalue weighted by atomic mass is 16.6. The number of benzene rings is 2. The molecule has 0 bridgehead atoms. The van der Waals surface area contributed by atoms with E-state index in [-0.39, 0.29) is 0 Å². The van der Waals surface area contributed by atoms with E-state index in [0.29, 0.717) is 0 Å². The molecule has 4 nitrogen and oxygen atoms in total. The summed E-state index contributed by atoms with van der Waals surface area (Å²) < 4.78 is 5.30. The second kappa shape index (κ2) is 9.84. The molecule has 2 aromatic rings. The molecule has 0 spiro atoms. The molecule has 0 saturated heterocycles. The molecule has 0 atom stereocenters. The zero-order valence-electron chi connectivity index (χ0n) is 13.1. The van der Waals surface area contributed by atoms with E-state index in [2.05, 4.69) is 48.6 Å². The average molecular weight is 312 g/mol. The first-order valence-electron chi connectivity index (χ1n) is 7.03. The van der Waals surface area contributed by atoms with E-state index in [1.54, 1.807) is 7.11 Å². The normalized spacial score (nSPS) is 10.8. The molecule has 0 aliphatic heterocycles. The molecule has 120 valence electrons. The van der Waals surface area contributed by atoms with Crippen molar-refractivity contribution in [3.8, 4) is 5.75 Å². The molecule has 2 N–H and O–H groups in total. The Morgan fingerprint density at radius 1 is 1.00 bits per heavy atom. The van der Waals surface area contributed by atoms with Crippen molar-refractivity contribution >= 4 is 11.7 Å². The van der Waals surface area contributed by atoms with Gasteiger partial charge in [0.25, 0.3) is 0 Å². The SMILES string of the molecule is C/C=C/C=C(\c1ccccc1)c1cccc(OC)c1.O=C(O)O. The molecule has 2 aromatic carbocycles. The number of methoxy groups -OCH3 is 1. The van der Waals surface area contributed by atoms with Crippen LogP contribution in [0.15, 0.2) is 72.8 Å². The zero-order chi connectivity index (χ0) is 17.1. The predicted octanol–water partition coefficient (Wildman–Crippen LogP) is 4.93. The molecule has 0 unspecified atom stereocenters. The number of ether oxygens (including phenoxy) is 1. The van der Waals surface area contributed by atoms with E-state index in [0.717, 1.165) is 11.3 Å². The number of carbonyl (C=O) groups is 1. The lowest BCUT2D eigenvalue weighted by Gasteiger charge is -2.09. The van der Waals surface area contributed by atoms with Crippen LogP contribution in [0.3, 0.4) is 0 Å². The highest BCUT2D eigenvalue weighted by Gasteiger charge is 2.04. The molecule has 0 radical (unpaired) electrons. The molecule has 0 aliphatic rings. The quantitative estimate of drug-likeness (QED) is 0.786. The van der Waals surface area contributed by atoms with Crippen molar-refractivity contribution in [3.63, 3.8) is 0 Å². The van der Waals surface area contributed by atoms with Crippen LogP contribution in [-0.2, 0) is 0 Å². The van der Waals surface area contributed by atoms with Crippen molar-refractivity contribution in [2.45, 2.75) is 6.92 Å². The summed E-state index contributed by atoms with van der Waals surface area (Å²) in [6, 6.07) is 18.5. The van der Waals surface area contributed by atoms with Crippen molar-refractivity contribution in [1.29, 1.82) is 0 Å². The Labute approximate surface area is 136 Å².